The Kier molecular flexibility index (Phi) is 26.4. The maximum atomic E-state index is 6.08. The van der Waals surface area contributed by atoms with Crippen molar-refractivity contribution in [3.63, 3.8) is 0 Å². The summed E-state index contributed by atoms with van der Waals surface area (Å²) in [5.41, 5.74) is 6.77. The molecule has 8 aromatic carbocycles. The molecule has 0 aromatic heterocycles. The van der Waals surface area contributed by atoms with Crippen LogP contribution in [0.3, 0.4) is 0 Å². The summed E-state index contributed by atoms with van der Waals surface area (Å²) in [6, 6.07) is 62.2. The van der Waals surface area contributed by atoms with Crippen molar-refractivity contribution < 1.29 is 37.9 Å². The van der Waals surface area contributed by atoms with Gasteiger partial charge in [-0.1, -0.05) is 50.7 Å². The molecular weight excluding hydrogens is 1060 g/mol. The van der Waals surface area contributed by atoms with E-state index in [1.54, 1.807) is 14.2 Å². The molecule has 0 fully saturated rings. The SMILES string of the molecule is COc1ccc(N=Nc2ccc(OCCCCCCCOc3ccc(C=Nc4cccc(OCCCCCOc5cccc(N=Cc6ccc(OCCCCCCCOc7ccc(N=Nc8ccc(OC)cc8)cc7)cc6)c5)c4)cc3)cc2)cc1. The largest absolute Gasteiger partial charge is 0.497 e. The summed E-state index contributed by atoms with van der Waals surface area (Å²) in [6.45, 7) is 4.01. The zero-order chi connectivity index (χ0) is 58.6. The second-order valence-electron chi connectivity index (χ2n) is 20.1. The minimum Gasteiger partial charge on any atom is -0.497 e. The topological polar surface area (TPSA) is 148 Å². The second kappa shape index (κ2) is 36.3. The van der Waals surface area contributed by atoms with Crippen LogP contribution in [0.2, 0.25) is 0 Å². The highest BCUT2D eigenvalue weighted by molar-refractivity contribution is 5.83. The van der Waals surface area contributed by atoms with Crippen molar-refractivity contribution in [2.24, 2.45) is 30.4 Å². The van der Waals surface area contributed by atoms with E-state index in [-0.39, 0.29) is 0 Å². The fourth-order valence-electron chi connectivity index (χ4n) is 8.64. The maximum absolute atomic E-state index is 6.08. The lowest BCUT2D eigenvalue weighted by atomic mass is 10.1. The van der Waals surface area contributed by atoms with E-state index >= 15 is 0 Å². The Hall–Kier alpha value is -9.30. The smallest absolute Gasteiger partial charge is 0.121 e. The van der Waals surface area contributed by atoms with Crippen molar-refractivity contribution in [1.29, 1.82) is 0 Å². The van der Waals surface area contributed by atoms with Crippen molar-refractivity contribution >= 4 is 46.6 Å². The zero-order valence-electron chi connectivity index (χ0n) is 49.0. The van der Waals surface area contributed by atoms with Crippen LogP contribution in [0.1, 0.15) is 94.6 Å². The van der Waals surface area contributed by atoms with Gasteiger partial charge in [0.25, 0.3) is 0 Å². The molecule has 14 heteroatoms. The molecule has 8 aromatic rings. The van der Waals surface area contributed by atoms with Gasteiger partial charge in [0.2, 0.25) is 0 Å². The Morgan fingerprint density at radius 2 is 0.494 bits per heavy atom. The van der Waals surface area contributed by atoms with E-state index < -0.39 is 0 Å². The first kappa shape index (κ1) is 61.8. The molecule has 0 unspecified atom stereocenters. The molecule has 0 amide bonds. The van der Waals surface area contributed by atoms with Crippen LogP contribution in [-0.4, -0.2) is 66.3 Å². The maximum Gasteiger partial charge on any atom is 0.121 e. The predicted molar refractivity (Wildman–Crippen MR) is 340 cm³/mol. The van der Waals surface area contributed by atoms with Gasteiger partial charge in [-0.15, -0.1) is 0 Å². The van der Waals surface area contributed by atoms with Gasteiger partial charge >= 0.3 is 0 Å². The molecule has 0 saturated heterocycles. The van der Waals surface area contributed by atoms with Gasteiger partial charge in [-0.05, 0) is 226 Å². The van der Waals surface area contributed by atoms with Crippen molar-refractivity contribution in [1.82, 2.24) is 0 Å². The summed E-state index contributed by atoms with van der Waals surface area (Å²) >= 11 is 0. The van der Waals surface area contributed by atoms with Crippen molar-refractivity contribution in [3.05, 3.63) is 205 Å². The Morgan fingerprint density at radius 3 is 0.788 bits per heavy atom. The highest BCUT2D eigenvalue weighted by atomic mass is 16.5. The van der Waals surface area contributed by atoms with E-state index in [0.717, 1.165) is 175 Å². The molecule has 0 aliphatic rings. The molecule has 0 radical (unpaired) electrons. The van der Waals surface area contributed by atoms with E-state index in [2.05, 4.69) is 20.5 Å². The average Bonchev–Trinajstić information content (AvgIpc) is 3.62. The minimum absolute atomic E-state index is 0.624. The molecular formula is C71H78N6O8. The molecule has 0 atom stereocenters. The third kappa shape index (κ3) is 23.8. The number of hydrogen-bond donors (Lipinski definition) is 0. The van der Waals surface area contributed by atoms with Crippen LogP contribution >= 0.6 is 0 Å². The van der Waals surface area contributed by atoms with Crippen LogP contribution in [0.25, 0.3) is 0 Å². The van der Waals surface area contributed by atoms with Gasteiger partial charge in [0.05, 0.1) is 88.0 Å². The van der Waals surface area contributed by atoms with E-state index in [1.165, 1.54) is 0 Å². The van der Waals surface area contributed by atoms with E-state index in [0.29, 0.717) is 39.6 Å². The Labute approximate surface area is 501 Å². The molecule has 0 spiro atoms. The number of nitrogens with zero attached hydrogens (tertiary/aromatic N) is 6. The van der Waals surface area contributed by atoms with Gasteiger partial charge in [-0.3, -0.25) is 9.98 Å². The summed E-state index contributed by atoms with van der Waals surface area (Å²) in [6.07, 6.45) is 17.3. The standard InChI is InChI=1S/C71H78N6O8/c1-78-64-38-26-58(27-39-64)74-76-60-30-42-68(43-31-60)82-48-12-7-3-5-10-46-80-66-34-22-56(23-35-66)54-72-62-18-16-20-70(52-62)84-50-14-9-15-51-85-71-21-17-19-63(53-71)73-55-57-24-36-67(37-25-57)81-47-11-6-4-8-13-49-83-69-44-32-61(33-45-69)77-75-59-28-40-65(79-2)41-29-59/h16-45,52-55H,3-15,46-51H2,1-2H3. The van der Waals surface area contributed by atoms with Crippen LogP contribution in [0.4, 0.5) is 34.1 Å². The predicted octanol–water partition coefficient (Wildman–Crippen LogP) is 19.5. The van der Waals surface area contributed by atoms with Gasteiger partial charge in [0.1, 0.15) is 46.0 Å². The molecule has 0 heterocycles. The number of unbranched alkanes of at least 4 members (excludes halogenated alkanes) is 10. The first-order valence-electron chi connectivity index (χ1n) is 29.6. The quantitative estimate of drug-likeness (QED) is 0.0211. The van der Waals surface area contributed by atoms with Crippen LogP contribution in [0.5, 0.6) is 46.0 Å². The second-order valence-corrected chi connectivity index (χ2v) is 20.1. The number of ether oxygens (including phenoxy) is 8. The first-order chi connectivity index (χ1) is 42.0. The fraction of sp³-hybridized carbons (Fsp3) is 0.296. The van der Waals surface area contributed by atoms with Crippen LogP contribution in [-0.2, 0) is 0 Å². The number of aliphatic imine (C=N–C) groups is 2. The van der Waals surface area contributed by atoms with E-state index in [4.69, 9.17) is 47.9 Å². The summed E-state index contributed by atoms with van der Waals surface area (Å²) in [4.78, 5) is 9.39. The van der Waals surface area contributed by atoms with Crippen molar-refractivity contribution in [3.8, 4) is 46.0 Å². The Balaban J connectivity index is 0.602. The van der Waals surface area contributed by atoms with Crippen LogP contribution in [0.15, 0.2) is 225 Å². The summed E-state index contributed by atoms with van der Waals surface area (Å²) in [5, 5.41) is 17.2. The van der Waals surface area contributed by atoms with Gasteiger partial charge in [-0.25, -0.2) is 0 Å². The molecule has 0 aliphatic heterocycles. The van der Waals surface area contributed by atoms with Crippen molar-refractivity contribution in [2.75, 3.05) is 53.9 Å². The van der Waals surface area contributed by atoms with E-state index in [1.807, 2.05) is 207 Å². The molecule has 8 rings (SSSR count). The molecule has 0 aliphatic carbocycles. The Bertz CT molecular complexity index is 3040. The summed E-state index contributed by atoms with van der Waals surface area (Å²) in [5.74, 6) is 6.59. The lowest BCUT2D eigenvalue weighted by Crippen LogP contribution is -2.01. The summed E-state index contributed by atoms with van der Waals surface area (Å²) < 4.78 is 46.4. The molecule has 14 nitrogen and oxygen atoms in total. The van der Waals surface area contributed by atoms with Gasteiger partial charge < -0.3 is 37.9 Å². The normalized spacial score (nSPS) is 11.4. The number of rotatable bonds is 38. The minimum atomic E-state index is 0.624. The third-order valence-electron chi connectivity index (χ3n) is 13.5. The number of benzene rings is 8. The van der Waals surface area contributed by atoms with Crippen LogP contribution in [0, 0.1) is 0 Å². The van der Waals surface area contributed by atoms with Crippen LogP contribution < -0.4 is 37.9 Å². The monoisotopic (exact) mass is 1140 g/mol. The highest BCUT2D eigenvalue weighted by Crippen LogP contribution is 2.27. The molecule has 440 valence electrons. The molecule has 0 N–H and O–H groups in total. The molecule has 0 saturated carbocycles. The summed E-state index contributed by atoms with van der Waals surface area (Å²) in [7, 11) is 3.28. The molecule has 85 heavy (non-hydrogen) atoms. The van der Waals surface area contributed by atoms with Gasteiger partial charge in [-0.2, -0.15) is 20.5 Å². The lowest BCUT2D eigenvalue weighted by Gasteiger charge is -2.08. The zero-order valence-corrected chi connectivity index (χ0v) is 49.0. The fourth-order valence-corrected chi connectivity index (χ4v) is 8.64. The molecule has 0 bridgehead atoms. The van der Waals surface area contributed by atoms with Gasteiger partial charge in [0, 0.05) is 24.6 Å². The first-order valence-corrected chi connectivity index (χ1v) is 29.6. The van der Waals surface area contributed by atoms with Gasteiger partial charge in [0.15, 0.2) is 0 Å². The number of hydrogen-bond acceptors (Lipinski definition) is 14. The number of methoxy groups -OCH3 is 2. The average molecular weight is 1140 g/mol. The lowest BCUT2D eigenvalue weighted by molar-refractivity contribution is 0.279. The number of azo groups is 2. The third-order valence-corrected chi connectivity index (χ3v) is 13.5. The van der Waals surface area contributed by atoms with E-state index in [9.17, 15) is 0 Å². The van der Waals surface area contributed by atoms with Crippen molar-refractivity contribution in [2.45, 2.75) is 83.5 Å². The Morgan fingerprint density at radius 1 is 0.247 bits per heavy atom. The highest BCUT2D eigenvalue weighted by Gasteiger charge is 2.04.